The lowest BCUT2D eigenvalue weighted by molar-refractivity contribution is 0.285. The van der Waals surface area contributed by atoms with Crippen LogP contribution >= 0.6 is 15.9 Å². The Balaban J connectivity index is 1.97. The average Bonchev–Trinajstić information content (AvgIpc) is 3.23. The normalized spacial score (nSPS) is 14.9. The van der Waals surface area contributed by atoms with E-state index in [0.29, 0.717) is 6.04 Å². The van der Waals surface area contributed by atoms with E-state index in [2.05, 4.69) is 35.9 Å². The maximum Gasteiger partial charge on any atom is 0.164 e. The molecule has 1 saturated carbocycles. The standard InChI is InChI=1S/C13H18BrN5O/c1-18-12-10(11(14)17-18)13(16-8-15-12)19(9-4-5-9)6-2-3-7-20/h8-9,20H,2-7H2,1H3. The first-order valence-electron chi connectivity index (χ1n) is 6.93. The van der Waals surface area contributed by atoms with Crippen LogP contribution in [0.3, 0.4) is 0 Å². The van der Waals surface area contributed by atoms with Crippen molar-refractivity contribution in [1.82, 2.24) is 19.7 Å². The minimum atomic E-state index is 0.244. The molecule has 0 bridgehead atoms. The quantitative estimate of drug-likeness (QED) is 0.813. The Labute approximate surface area is 125 Å². The van der Waals surface area contributed by atoms with Crippen molar-refractivity contribution in [3.05, 3.63) is 10.9 Å². The molecule has 0 unspecified atom stereocenters. The van der Waals surface area contributed by atoms with Crippen LogP contribution in [0.5, 0.6) is 0 Å². The van der Waals surface area contributed by atoms with Gasteiger partial charge in [0.25, 0.3) is 0 Å². The molecule has 0 saturated heterocycles. The van der Waals surface area contributed by atoms with Crippen LogP contribution in [0.15, 0.2) is 10.9 Å². The largest absolute Gasteiger partial charge is 0.396 e. The lowest BCUT2D eigenvalue weighted by Gasteiger charge is -2.23. The Morgan fingerprint density at radius 1 is 1.40 bits per heavy atom. The number of nitrogens with zero attached hydrogens (tertiary/aromatic N) is 5. The highest BCUT2D eigenvalue weighted by molar-refractivity contribution is 9.10. The highest BCUT2D eigenvalue weighted by Gasteiger charge is 2.31. The van der Waals surface area contributed by atoms with Gasteiger partial charge in [0.1, 0.15) is 16.7 Å². The Morgan fingerprint density at radius 3 is 2.90 bits per heavy atom. The second-order valence-electron chi connectivity index (χ2n) is 5.17. The van der Waals surface area contributed by atoms with Gasteiger partial charge in [0, 0.05) is 26.2 Å². The van der Waals surface area contributed by atoms with Gasteiger partial charge in [0.15, 0.2) is 5.65 Å². The molecule has 3 rings (SSSR count). The first kappa shape index (κ1) is 13.8. The lowest BCUT2D eigenvalue weighted by Crippen LogP contribution is -2.28. The summed E-state index contributed by atoms with van der Waals surface area (Å²) in [5, 5.41) is 14.3. The number of halogens is 1. The molecule has 0 spiro atoms. The minimum Gasteiger partial charge on any atom is -0.396 e. The monoisotopic (exact) mass is 339 g/mol. The second kappa shape index (κ2) is 5.65. The van der Waals surface area contributed by atoms with Crippen molar-refractivity contribution in [1.29, 1.82) is 0 Å². The molecule has 1 aliphatic carbocycles. The van der Waals surface area contributed by atoms with Gasteiger partial charge >= 0.3 is 0 Å². The molecule has 2 aromatic rings. The maximum atomic E-state index is 8.96. The zero-order chi connectivity index (χ0) is 14.1. The summed E-state index contributed by atoms with van der Waals surface area (Å²) in [7, 11) is 1.89. The number of aryl methyl sites for hydroxylation is 1. The van der Waals surface area contributed by atoms with Gasteiger partial charge in [-0.25, -0.2) is 14.6 Å². The van der Waals surface area contributed by atoms with Crippen LogP contribution in [0.1, 0.15) is 25.7 Å². The van der Waals surface area contributed by atoms with Crippen molar-refractivity contribution in [2.75, 3.05) is 18.1 Å². The van der Waals surface area contributed by atoms with Crippen LogP contribution in [0.2, 0.25) is 0 Å². The molecule has 1 aliphatic rings. The molecule has 1 fully saturated rings. The first-order valence-corrected chi connectivity index (χ1v) is 7.72. The van der Waals surface area contributed by atoms with Gasteiger partial charge in [0.05, 0.1) is 5.39 Å². The van der Waals surface area contributed by atoms with E-state index in [1.165, 1.54) is 12.8 Å². The summed E-state index contributed by atoms with van der Waals surface area (Å²) in [5.41, 5.74) is 0.842. The fraction of sp³-hybridized carbons (Fsp3) is 0.615. The molecule has 1 N–H and O–H groups in total. The van der Waals surface area contributed by atoms with Gasteiger partial charge in [0.2, 0.25) is 0 Å². The number of hydrogen-bond acceptors (Lipinski definition) is 5. The number of aliphatic hydroxyl groups excluding tert-OH is 1. The molecule has 0 amide bonds. The average molecular weight is 340 g/mol. The second-order valence-corrected chi connectivity index (χ2v) is 5.92. The van der Waals surface area contributed by atoms with Crippen molar-refractivity contribution < 1.29 is 5.11 Å². The molecule has 20 heavy (non-hydrogen) atoms. The van der Waals surface area contributed by atoms with E-state index in [1.54, 1.807) is 11.0 Å². The number of rotatable bonds is 6. The van der Waals surface area contributed by atoms with Crippen LogP contribution in [0.4, 0.5) is 5.82 Å². The van der Waals surface area contributed by atoms with E-state index in [0.717, 1.165) is 40.8 Å². The highest BCUT2D eigenvalue weighted by atomic mass is 79.9. The van der Waals surface area contributed by atoms with Gasteiger partial charge in [-0.3, -0.25) is 0 Å². The summed E-state index contributed by atoms with van der Waals surface area (Å²) in [6.45, 7) is 1.16. The Morgan fingerprint density at radius 2 is 2.20 bits per heavy atom. The number of fused-ring (bicyclic) bond motifs is 1. The number of anilines is 1. The summed E-state index contributed by atoms with van der Waals surface area (Å²) in [5.74, 6) is 0.954. The molecule has 0 atom stereocenters. The topological polar surface area (TPSA) is 67.1 Å². The number of aliphatic hydroxyl groups is 1. The first-order chi connectivity index (χ1) is 9.72. The number of hydrogen-bond donors (Lipinski definition) is 1. The van der Waals surface area contributed by atoms with E-state index in [9.17, 15) is 0 Å². The third-order valence-corrected chi connectivity index (χ3v) is 4.18. The van der Waals surface area contributed by atoms with E-state index < -0.39 is 0 Å². The minimum absolute atomic E-state index is 0.244. The Kier molecular flexibility index (Phi) is 3.89. The predicted molar refractivity (Wildman–Crippen MR) is 80.7 cm³/mol. The predicted octanol–water partition coefficient (Wildman–Crippen LogP) is 1.87. The Bertz CT molecular complexity index is 610. The SMILES string of the molecule is Cn1nc(Br)c2c(N(CCCCO)C3CC3)ncnc21. The molecule has 0 aliphatic heterocycles. The molecule has 0 radical (unpaired) electrons. The van der Waals surface area contributed by atoms with E-state index in [1.807, 2.05) is 7.05 Å². The van der Waals surface area contributed by atoms with E-state index in [4.69, 9.17) is 5.11 Å². The lowest BCUT2D eigenvalue weighted by atomic mass is 10.2. The molecule has 6 nitrogen and oxygen atoms in total. The van der Waals surface area contributed by atoms with Gasteiger partial charge in [-0.15, -0.1) is 0 Å². The van der Waals surface area contributed by atoms with Crippen LogP contribution in [0, 0.1) is 0 Å². The van der Waals surface area contributed by atoms with Crippen molar-refractivity contribution in [2.45, 2.75) is 31.7 Å². The van der Waals surface area contributed by atoms with Crippen molar-refractivity contribution >= 4 is 32.8 Å². The zero-order valence-corrected chi connectivity index (χ0v) is 13.0. The van der Waals surface area contributed by atoms with Gasteiger partial charge in [-0.1, -0.05) is 0 Å². The summed E-state index contributed by atoms with van der Waals surface area (Å²) >= 11 is 3.51. The van der Waals surface area contributed by atoms with Gasteiger partial charge in [-0.05, 0) is 41.6 Å². The molecular weight excluding hydrogens is 322 g/mol. The number of aromatic nitrogens is 4. The fourth-order valence-electron chi connectivity index (χ4n) is 2.49. The molecule has 2 aromatic heterocycles. The summed E-state index contributed by atoms with van der Waals surface area (Å²) in [6.07, 6.45) is 5.82. The Hall–Kier alpha value is -1.21. The number of unbranched alkanes of at least 4 members (excludes halogenated alkanes) is 1. The van der Waals surface area contributed by atoms with Crippen LogP contribution < -0.4 is 4.90 Å². The van der Waals surface area contributed by atoms with Crippen LogP contribution in [-0.2, 0) is 7.05 Å². The van der Waals surface area contributed by atoms with Crippen molar-refractivity contribution in [3.8, 4) is 0 Å². The van der Waals surface area contributed by atoms with Gasteiger partial charge in [-0.2, -0.15) is 5.10 Å². The highest BCUT2D eigenvalue weighted by Crippen LogP contribution is 2.36. The summed E-state index contributed by atoms with van der Waals surface area (Å²) in [4.78, 5) is 11.1. The summed E-state index contributed by atoms with van der Waals surface area (Å²) in [6, 6.07) is 0.568. The molecule has 2 heterocycles. The van der Waals surface area contributed by atoms with E-state index >= 15 is 0 Å². The zero-order valence-electron chi connectivity index (χ0n) is 11.5. The smallest absolute Gasteiger partial charge is 0.164 e. The molecule has 0 aromatic carbocycles. The maximum absolute atomic E-state index is 8.96. The molecule has 108 valence electrons. The molecular formula is C13H18BrN5O. The van der Waals surface area contributed by atoms with E-state index in [-0.39, 0.29) is 6.61 Å². The van der Waals surface area contributed by atoms with Crippen LogP contribution in [0.25, 0.3) is 11.0 Å². The van der Waals surface area contributed by atoms with Crippen molar-refractivity contribution in [2.24, 2.45) is 7.05 Å². The van der Waals surface area contributed by atoms with Crippen LogP contribution in [-0.4, -0.2) is 44.0 Å². The third-order valence-electron chi connectivity index (χ3n) is 3.62. The van der Waals surface area contributed by atoms with Gasteiger partial charge < -0.3 is 10.0 Å². The molecule has 7 heteroatoms. The fourth-order valence-corrected chi connectivity index (χ4v) is 3.08. The van der Waals surface area contributed by atoms with Crippen molar-refractivity contribution in [3.63, 3.8) is 0 Å². The third kappa shape index (κ3) is 2.52. The summed E-state index contributed by atoms with van der Waals surface area (Å²) < 4.78 is 2.56.